The van der Waals surface area contributed by atoms with E-state index in [9.17, 15) is 62.6 Å². The first kappa shape index (κ1) is 95.2. The van der Waals surface area contributed by atoms with Gasteiger partial charge in [0.05, 0.1) is 25.3 Å². The molecule has 7 aliphatic carbocycles. The molecule has 103 heavy (non-hydrogen) atoms. The molecular formula is C82H141N3O18. The normalized spacial score (nSPS) is 20.8. The number of allylic oxidation sites excluding steroid dienone is 1. The van der Waals surface area contributed by atoms with Gasteiger partial charge in [-0.1, -0.05) is 149 Å². The number of likely N-dealkylation sites (N-methyl/N-ethyl adjacent to an activating group) is 1. The molecule has 0 aliphatic heterocycles. The quantitative estimate of drug-likeness (QED) is 0.0264. The Kier molecular flexibility index (Phi) is 42.7. The van der Waals surface area contributed by atoms with E-state index in [1.54, 1.807) is 48.5 Å². The van der Waals surface area contributed by atoms with Crippen LogP contribution in [-0.4, -0.2) is 131 Å². The van der Waals surface area contributed by atoms with Crippen LogP contribution in [0.4, 0.5) is 9.59 Å². The van der Waals surface area contributed by atoms with Crippen LogP contribution in [-0.2, 0) is 66.9 Å². The second-order valence-corrected chi connectivity index (χ2v) is 33.6. The van der Waals surface area contributed by atoms with E-state index in [2.05, 4.69) is 36.7 Å². The van der Waals surface area contributed by atoms with E-state index >= 15 is 0 Å². The Morgan fingerprint density at radius 1 is 0.398 bits per heavy atom. The van der Waals surface area contributed by atoms with Gasteiger partial charge >= 0.3 is 36.1 Å². The highest BCUT2D eigenvalue weighted by Crippen LogP contribution is 2.46. The van der Waals surface area contributed by atoms with Gasteiger partial charge in [0.2, 0.25) is 0 Å². The number of ketones is 6. The molecule has 0 spiro atoms. The van der Waals surface area contributed by atoms with E-state index in [1.165, 1.54) is 85.0 Å². The molecule has 0 saturated heterocycles. The zero-order chi connectivity index (χ0) is 78.6. The Balaban J connectivity index is 0.000000608. The summed E-state index contributed by atoms with van der Waals surface area (Å²) in [5, 5.41) is 26.9. The summed E-state index contributed by atoms with van der Waals surface area (Å²) in [6, 6.07) is -1.27. The lowest BCUT2D eigenvalue weighted by molar-refractivity contribution is -0.158. The number of carboxylic acids is 2. The Morgan fingerprint density at radius 2 is 0.699 bits per heavy atom. The molecule has 5 unspecified atom stereocenters. The third kappa shape index (κ3) is 34.9. The molecule has 21 nitrogen and oxygen atoms in total. The summed E-state index contributed by atoms with van der Waals surface area (Å²) >= 11 is 0. The largest absolute Gasteiger partial charge is 0.481 e. The molecule has 0 aromatic rings. The molecule has 0 aromatic carbocycles. The van der Waals surface area contributed by atoms with Crippen molar-refractivity contribution in [2.75, 3.05) is 20.3 Å². The summed E-state index contributed by atoms with van der Waals surface area (Å²) in [7, 11) is 1.89. The molecule has 0 aromatic heterocycles. The van der Waals surface area contributed by atoms with Gasteiger partial charge in [0.1, 0.15) is 57.8 Å². The maximum atomic E-state index is 11.9. The van der Waals surface area contributed by atoms with Gasteiger partial charge in [0.15, 0.2) is 11.6 Å². The zero-order valence-corrected chi connectivity index (χ0v) is 67.5. The van der Waals surface area contributed by atoms with Crippen molar-refractivity contribution in [2.24, 2.45) is 38.9 Å². The highest BCUT2D eigenvalue weighted by molar-refractivity contribution is 6.17. The summed E-state index contributed by atoms with van der Waals surface area (Å²) in [5.74, 6) is -3.75. The topological polar surface area (TPSA) is 318 Å². The zero-order valence-electron chi connectivity index (χ0n) is 67.5. The molecule has 0 bridgehead atoms. The highest BCUT2D eigenvalue weighted by atomic mass is 16.6. The lowest BCUT2D eigenvalue weighted by atomic mass is 9.66. The van der Waals surface area contributed by atoms with Crippen LogP contribution >= 0.6 is 0 Å². The van der Waals surface area contributed by atoms with Crippen LogP contribution < -0.4 is 16.0 Å². The van der Waals surface area contributed by atoms with E-state index in [0.29, 0.717) is 24.6 Å². The summed E-state index contributed by atoms with van der Waals surface area (Å²) in [5.41, 5.74) is -0.684. The minimum Gasteiger partial charge on any atom is -0.481 e. The van der Waals surface area contributed by atoms with Crippen LogP contribution in [0.1, 0.15) is 349 Å². The van der Waals surface area contributed by atoms with Crippen LogP contribution in [0.25, 0.3) is 0 Å². The number of hydrogen-bond donors (Lipinski definition) is 5. The third-order valence-electron chi connectivity index (χ3n) is 21.8. The van der Waals surface area contributed by atoms with Crippen molar-refractivity contribution in [3.05, 3.63) is 11.1 Å². The average Bonchev–Trinajstić information content (AvgIpc) is 0.836. The maximum absolute atomic E-state index is 11.9. The van der Waals surface area contributed by atoms with Crippen molar-refractivity contribution in [3.63, 3.8) is 0 Å². The Labute approximate surface area is 619 Å². The lowest BCUT2D eigenvalue weighted by Crippen LogP contribution is -2.53. The van der Waals surface area contributed by atoms with Gasteiger partial charge in [0, 0.05) is 12.8 Å². The third-order valence-corrected chi connectivity index (χ3v) is 21.8. The SMILES string of the molecule is CC(=O)C(C(=O)O)C1(C)CCCCC1.CC(=O)C(NC(=O)OC(C)(C)C)C1(C)CCCCC1.CC(C)(C)OC(=O)NC(C(=O)O)C1(C)CCCCC1.CCOC(=O)C(C(C)=O)=C1CCCCC1.CCOC(=O)C(C(C)=O)C1(C)CCCCC1.CNC(C(C)=O)C1(C)CCCCC1.O=C1CCCCC1. The number of amides is 2. The van der Waals surface area contributed by atoms with Gasteiger partial charge in [-0.2, -0.15) is 0 Å². The Morgan fingerprint density at radius 3 is 0.971 bits per heavy atom. The number of nitrogens with one attached hydrogen (secondary N) is 3. The second-order valence-electron chi connectivity index (χ2n) is 33.6. The molecule has 5 N–H and O–H groups in total. The monoisotopic (exact) mass is 1460 g/mol. The number of Topliss-reactive ketones (excluding diaryl/α,β-unsaturated/α-hetero) is 6. The van der Waals surface area contributed by atoms with Gasteiger partial charge in [-0.25, -0.2) is 19.2 Å². The first-order valence-corrected chi connectivity index (χ1v) is 39.1. The molecule has 7 fully saturated rings. The van der Waals surface area contributed by atoms with Crippen molar-refractivity contribution >= 4 is 70.8 Å². The van der Waals surface area contributed by atoms with Crippen LogP contribution in [0, 0.1) is 38.9 Å². The van der Waals surface area contributed by atoms with E-state index in [4.69, 9.17) is 24.1 Å². The molecule has 2 amide bonds. The van der Waals surface area contributed by atoms with E-state index in [-0.39, 0.29) is 68.0 Å². The first-order valence-electron chi connectivity index (χ1n) is 39.1. The van der Waals surface area contributed by atoms with Gasteiger partial charge in [-0.3, -0.25) is 38.4 Å². The van der Waals surface area contributed by atoms with Crippen LogP contribution in [0.15, 0.2) is 11.1 Å². The number of carbonyl (C=O) groups excluding carboxylic acids is 10. The summed E-state index contributed by atoms with van der Waals surface area (Å²) in [6.45, 7) is 32.7. The molecule has 21 heteroatoms. The van der Waals surface area contributed by atoms with Crippen molar-refractivity contribution in [3.8, 4) is 0 Å². The Hall–Kier alpha value is -5.86. The second kappa shape index (κ2) is 46.3. The molecule has 592 valence electrons. The predicted octanol–water partition coefficient (Wildman–Crippen LogP) is 17.4. The smallest absolute Gasteiger partial charge is 0.408 e. The minimum absolute atomic E-state index is 0.00950. The fourth-order valence-electron chi connectivity index (χ4n) is 16.5. The molecule has 5 atom stereocenters. The molecule has 7 rings (SSSR count). The number of esters is 2. The molecule has 7 saturated carbocycles. The van der Waals surface area contributed by atoms with Crippen molar-refractivity contribution in [1.29, 1.82) is 0 Å². The lowest BCUT2D eigenvalue weighted by Gasteiger charge is -2.39. The van der Waals surface area contributed by atoms with Crippen molar-refractivity contribution in [2.45, 2.75) is 379 Å². The fraction of sp³-hybridized carbons (Fsp3) is 0.829. The van der Waals surface area contributed by atoms with Crippen LogP contribution in [0.5, 0.6) is 0 Å². The van der Waals surface area contributed by atoms with Crippen LogP contribution in [0.3, 0.4) is 0 Å². The number of carboxylic acid groups (broad SMARTS) is 2. The number of aliphatic carboxylic acids is 2. The molecular weight excluding hydrogens is 1310 g/mol. The minimum atomic E-state index is -0.991. The van der Waals surface area contributed by atoms with Crippen LogP contribution in [0.2, 0.25) is 0 Å². The number of ether oxygens (including phenoxy) is 4. The van der Waals surface area contributed by atoms with E-state index < -0.39 is 65.2 Å². The van der Waals surface area contributed by atoms with Gasteiger partial charge in [-0.15, -0.1) is 0 Å². The molecule has 0 radical (unpaired) electrons. The number of alkyl carbamates (subject to hydrolysis) is 2. The van der Waals surface area contributed by atoms with E-state index in [0.717, 1.165) is 166 Å². The standard InChI is InChI=1S/C15H27NO3.C14H25NO4.C13H22O3.C12H18O3.C11H21NO.C11H18O3.C6H10O/c1-11(17)12(15(5)9-7-6-8-10-15)16-13(18)19-14(2,3)4;1-13(2,3)19-12(18)15-10(11(16)17)14(4)8-6-5-7-9-14;1-4-16-12(15)11(10(2)14)13(3)8-6-5-7-9-13;1-3-15-12(14)11(9(2)13)10-7-5-4-6-8-10;1-9(13)10(12-3)11(2)7-5-4-6-8-11;1-8(12)9(10(13)14)11(2)6-4-3-5-7-11;7-6-4-2-1-3-5-6/h12H,6-10H2,1-5H3,(H,16,18);10H,5-9H2,1-4H3,(H,15,18)(H,16,17);11H,4-9H2,1-3H3;3-8H2,1-2H3;10,12H,4-8H2,1-3H3;9H,3-7H2,1-2H3,(H,13,14);1-5H2. The Bertz CT molecular complexity index is 2640. The van der Waals surface area contributed by atoms with E-state index in [1.807, 2.05) is 41.7 Å². The van der Waals surface area contributed by atoms with Gasteiger partial charge < -0.3 is 45.1 Å². The predicted molar refractivity (Wildman–Crippen MR) is 402 cm³/mol. The van der Waals surface area contributed by atoms with Gasteiger partial charge in [0.25, 0.3) is 0 Å². The summed E-state index contributed by atoms with van der Waals surface area (Å²) < 4.78 is 20.3. The maximum Gasteiger partial charge on any atom is 0.408 e. The first-order chi connectivity index (χ1) is 47.9. The van der Waals surface area contributed by atoms with Crippen molar-refractivity contribution < 1.29 is 86.7 Å². The average molecular weight is 1460 g/mol. The van der Waals surface area contributed by atoms with Crippen molar-refractivity contribution in [1.82, 2.24) is 16.0 Å². The molecule has 0 heterocycles. The number of carbonyl (C=O) groups is 12. The summed E-state index contributed by atoms with van der Waals surface area (Å²) in [4.78, 5) is 138. The number of hydrogen-bond acceptors (Lipinski definition) is 17. The highest BCUT2D eigenvalue weighted by Gasteiger charge is 2.46. The molecule has 7 aliphatic rings. The fourth-order valence-corrected chi connectivity index (χ4v) is 16.5. The summed E-state index contributed by atoms with van der Waals surface area (Å²) in [6.07, 6.45) is 36.0. The van der Waals surface area contributed by atoms with Gasteiger partial charge in [-0.05, 0) is 227 Å². The number of rotatable bonds is 19.